The molecule has 0 fully saturated rings. The van der Waals surface area contributed by atoms with Crippen molar-refractivity contribution in [1.29, 1.82) is 0 Å². The lowest BCUT2D eigenvalue weighted by molar-refractivity contribution is -0.0168. The van der Waals surface area contributed by atoms with Crippen molar-refractivity contribution < 1.29 is 9.50 Å². The predicted molar refractivity (Wildman–Crippen MR) is 73.4 cm³/mol. The van der Waals surface area contributed by atoms with Crippen LogP contribution in [0.4, 0.5) is 4.39 Å². The number of hydrogen-bond donors (Lipinski definition) is 1. The van der Waals surface area contributed by atoms with E-state index < -0.39 is 17.5 Å². The molecule has 0 heterocycles. The summed E-state index contributed by atoms with van der Waals surface area (Å²) in [5.41, 5.74) is -0.161. The highest BCUT2D eigenvalue weighted by Gasteiger charge is 2.38. The summed E-state index contributed by atoms with van der Waals surface area (Å²) in [7, 11) is 3.81. The molecule has 1 unspecified atom stereocenters. The molecule has 1 rings (SSSR count). The minimum absolute atomic E-state index is 0.303. The first-order valence-corrected chi connectivity index (χ1v) is 6.57. The van der Waals surface area contributed by atoms with Crippen LogP contribution >= 0.6 is 11.6 Å². The minimum Gasteiger partial charge on any atom is -0.386 e. The van der Waals surface area contributed by atoms with Gasteiger partial charge in [-0.15, -0.1) is 0 Å². The van der Waals surface area contributed by atoms with Crippen LogP contribution in [0.25, 0.3) is 0 Å². The van der Waals surface area contributed by atoms with Gasteiger partial charge in [0.25, 0.3) is 0 Å². The number of aliphatic hydroxyl groups excluding tert-OH is 1. The van der Waals surface area contributed by atoms with Gasteiger partial charge in [0.15, 0.2) is 0 Å². The van der Waals surface area contributed by atoms with Crippen LogP contribution in [-0.4, -0.2) is 29.6 Å². The molecule has 102 valence electrons. The molecule has 0 aliphatic rings. The monoisotopic (exact) mass is 273 g/mol. The van der Waals surface area contributed by atoms with Crippen molar-refractivity contribution in [3.05, 3.63) is 34.6 Å². The SMILES string of the molecule is CCC(CC)(C(O)c1ccc(Cl)cc1F)N(C)C. The van der Waals surface area contributed by atoms with E-state index in [0.29, 0.717) is 10.6 Å². The summed E-state index contributed by atoms with van der Waals surface area (Å²) in [5, 5.41) is 10.9. The van der Waals surface area contributed by atoms with Crippen LogP contribution in [0.3, 0.4) is 0 Å². The highest BCUT2D eigenvalue weighted by molar-refractivity contribution is 6.30. The number of halogens is 2. The van der Waals surface area contributed by atoms with Gasteiger partial charge in [0.1, 0.15) is 11.9 Å². The molecule has 18 heavy (non-hydrogen) atoms. The van der Waals surface area contributed by atoms with E-state index in [2.05, 4.69) is 0 Å². The summed E-state index contributed by atoms with van der Waals surface area (Å²) in [5.74, 6) is -0.455. The molecule has 0 bridgehead atoms. The largest absolute Gasteiger partial charge is 0.386 e. The Hall–Kier alpha value is -0.640. The molecular weight excluding hydrogens is 253 g/mol. The van der Waals surface area contributed by atoms with Crippen LogP contribution < -0.4 is 0 Å². The van der Waals surface area contributed by atoms with Crippen molar-refractivity contribution in [2.24, 2.45) is 0 Å². The van der Waals surface area contributed by atoms with Gasteiger partial charge in [-0.25, -0.2) is 4.39 Å². The zero-order chi connectivity index (χ0) is 13.9. The number of nitrogens with zero attached hydrogens (tertiary/aromatic N) is 1. The fraction of sp³-hybridized carbons (Fsp3) is 0.571. The van der Waals surface area contributed by atoms with Crippen LogP contribution in [0, 0.1) is 5.82 Å². The molecule has 0 spiro atoms. The van der Waals surface area contributed by atoms with Crippen molar-refractivity contribution in [2.45, 2.75) is 38.3 Å². The standard InChI is InChI=1S/C14H21ClFNO/c1-5-14(6-2,17(3)4)13(18)11-8-7-10(15)9-12(11)16/h7-9,13,18H,5-6H2,1-4H3. The van der Waals surface area contributed by atoms with Crippen LogP contribution in [0.15, 0.2) is 18.2 Å². The van der Waals surface area contributed by atoms with Crippen LogP contribution in [-0.2, 0) is 0 Å². The number of aliphatic hydroxyl groups is 1. The second-order valence-electron chi connectivity index (χ2n) is 4.77. The molecule has 1 N–H and O–H groups in total. The summed E-state index contributed by atoms with van der Waals surface area (Å²) < 4.78 is 13.9. The van der Waals surface area contributed by atoms with Gasteiger partial charge in [-0.3, -0.25) is 0 Å². The van der Waals surface area contributed by atoms with Crippen molar-refractivity contribution >= 4 is 11.6 Å². The van der Waals surface area contributed by atoms with Crippen molar-refractivity contribution in [3.63, 3.8) is 0 Å². The zero-order valence-electron chi connectivity index (χ0n) is 11.4. The fourth-order valence-electron chi connectivity index (χ4n) is 2.53. The van der Waals surface area contributed by atoms with Crippen molar-refractivity contribution in [1.82, 2.24) is 4.90 Å². The van der Waals surface area contributed by atoms with E-state index in [1.807, 2.05) is 32.8 Å². The molecule has 0 aromatic heterocycles. The fourth-order valence-corrected chi connectivity index (χ4v) is 2.69. The second kappa shape index (κ2) is 6.00. The molecule has 0 radical (unpaired) electrons. The summed E-state index contributed by atoms with van der Waals surface area (Å²) in [6, 6.07) is 4.41. The smallest absolute Gasteiger partial charge is 0.130 e. The summed E-state index contributed by atoms with van der Waals surface area (Å²) in [4.78, 5) is 1.96. The minimum atomic E-state index is -0.875. The molecular formula is C14H21ClFNO. The summed E-state index contributed by atoms with van der Waals surface area (Å²) in [6.45, 7) is 4.00. The Morgan fingerprint density at radius 3 is 2.28 bits per heavy atom. The molecule has 0 aliphatic carbocycles. The Bertz CT molecular complexity index is 405. The molecule has 1 atom stereocenters. The third-order valence-electron chi connectivity index (χ3n) is 3.88. The average molecular weight is 274 g/mol. The average Bonchev–Trinajstić information content (AvgIpc) is 2.30. The van der Waals surface area contributed by atoms with Gasteiger partial charge in [0.05, 0.1) is 5.54 Å². The van der Waals surface area contributed by atoms with E-state index in [4.69, 9.17) is 11.6 Å². The Morgan fingerprint density at radius 1 is 1.33 bits per heavy atom. The van der Waals surface area contributed by atoms with Gasteiger partial charge in [0, 0.05) is 10.6 Å². The van der Waals surface area contributed by atoms with E-state index >= 15 is 0 Å². The van der Waals surface area contributed by atoms with E-state index in [1.165, 1.54) is 6.07 Å². The quantitative estimate of drug-likeness (QED) is 0.885. The van der Waals surface area contributed by atoms with Gasteiger partial charge in [-0.2, -0.15) is 0 Å². The zero-order valence-corrected chi connectivity index (χ0v) is 12.1. The van der Waals surface area contributed by atoms with Gasteiger partial charge in [-0.05, 0) is 39.1 Å². The lowest BCUT2D eigenvalue weighted by Gasteiger charge is -2.42. The molecule has 0 amide bonds. The molecule has 0 saturated heterocycles. The van der Waals surface area contributed by atoms with Crippen molar-refractivity contribution in [3.8, 4) is 0 Å². The van der Waals surface area contributed by atoms with E-state index in [9.17, 15) is 9.50 Å². The van der Waals surface area contributed by atoms with Gasteiger partial charge < -0.3 is 10.0 Å². The summed E-state index contributed by atoms with van der Waals surface area (Å²) in [6.07, 6.45) is 0.596. The maximum Gasteiger partial charge on any atom is 0.130 e. The molecule has 0 aliphatic heterocycles. The number of likely N-dealkylation sites (N-methyl/N-ethyl adjacent to an activating group) is 1. The van der Waals surface area contributed by atoms with Gasteiger partial charge in [-0.1, -0.05) is 31.5 Å². The summed E-state index contributed by atoms with van der Waals surface area (Å²) >= 11 is 5.73. The number of hydrogen-bond acceptors (Lipinski definition) is 2. The first-order valence-electron chi connectivity index (χ1n) is 6.19. The maximum absolute atomic E-state index is 13.9. The third-order valence-corrected chi connectivity index (χ3v) is 4.12. The number of rotatable bonds is 5. The Balaban J connectivity index is 3.21. The molecule has 1 aromatic rings. The molecule has 4 heteroatoms. The number of benzene rings is 1. The van der Waals surface area contributed by atoms with Gasteiger partial charge in [0.2, 0.25) is 0 Å². The van der Waals surface area contributed by atoms with Crippen molar-refractivity contribution in [2.75, 3.05) is 14.1 Å². The second-order valence-corrected chi connectivity index (χ2v) is 5.21. The lowest BCUT2D eigenvalue weighted by atomic mass is 9.81. The predicted octanol–water partition coefficient (Wildman–Crippen LogP) is 3.63. The first-order chi connectivity index (χ1) is 8.39. The Morgan fingerprint density at radius 2 is 1.89 bits per heavy atom. The maximum atomic E-state index is 13.9. The molecule has 1 aromatic carbocycles. The van der Waals surface area contributed by atoms with Crippen LogP contribution in [0.5, 0.6) is 0 Å². The third kappa shape index (κ3) is 2.68. The highest BCUT2D eigenvalue weighted by Crippen LogP contribution is 2.37. The van der Waals surface area contributed by atoms with Gasteiger partial charge >= 0.3 is 0 Å². The topological polar surface area (TPSA) is 23.5 Å². The first kappa shape index (κ1) is 15.4. The lowest BCUT2D eigenvalue weighted by Crippen LogP contribution is -2.48. The normalized spacial score (nSPS) is 14.0. The molecule has 0 saturated carbocycles. The van der Waals surface area contributed by atoms with E-state index in [0.717, 1.165) is 12.8 Å². The Kier molecular flexibility index (Phi) is 5.14. The van der Waals surface area contributed by atoms with E-state index in [1.54, 1.807) is 12.1 Å². The van der Waals surface area contributed by atoms with E-state index in [-0.39, 0.29) is 0 Å². The Labute approximate surface area is 113 Å². The molecule has 2 nitrogen and oxygen atoms in total. The van der Waals surface area contributed by atoms with Crippen LogP contribution in [0.2, 0.25) is 5.02 Å². The highest BCUT2D eigenvalue weighted by atomic mass is 35.5. The van der Waals surface area contributed by atoms with Crippen LogP contribution in [0.1, 0.15) is 38.4 Å².